The van der Waals surface area contributed by atoms with E-state index in [1.807, 2.05) is 42.5 Å². The fourth-order valence-electron chi connectivity index (χ4n) is 1.89. The lowest BCUT2D eigenvalue weighted by Crippen LogP contribution is -2.15. The summed E-state index contributed by atoms with van der Waals surface area (Å²) >= 11 is 0. The van der Waals surface area contributed by atoms with Gasteiger partial charge in [-0.1, -0.05) is 30.3 Å². The van der Waals surface area contributed by atoms with Crippen molar-refractivity contribution in [2.75, 3.05) is 0 Å². The molecule has 0 amide bonds. The van der Waals surface area contributed by atoms with E-state index in [9.17, 15) is 9.90 Å². The average Bonchev–Trinajstić information content (AvgIpc) is 2.39. The highest BCUT2D eigenvalue weighted by Crippen LogP contribution is 2.17. The number of carboxylic acids is 1. The highest BCUT2D eigenvalue weighted by molar-refractivity contribution is 5.67. The van der Waals surface area contributed by atoms with Gasteiger partial charge in [-0.05, 0) is 24.1 Å². The van der Waals surface area contributed by atoms with E-state index in [2.05, 4.69) is 4.98 Å². The Kier molecular flexibility index (Phi) is 4.26. The zero-order valence-electron chi connectivity index (χ0n) is 10.4. The standard InChI is InChI=1S/C15H15NO3/c17-13(10-15(18)19)9-11-4-6-12(7-5-11)14-3-1-2-8-16-14/h1-8,13,17H,9-10H2,(H,18,19). The van der Waals surface area contributed by atoms with Crippen molar-refractivity contribution in [1.29, 1.82) is 0 Å². The molecule has 0 bridgehead atoms. The normalized spacial score (nSPS) is 12.1. The van der Waals surface area contributed by atoms with Crippen molar-refractivity contribution in [3.63, 3.8) is 0 Å². The Labute approximate surface area is 111 Å². The minimum Gasteiger partial charge on any atom is -0.481 e. The van der Waals surface area contributed by atoms with Crippen LogP contribution in [0.1, 0.15) is 12.0 Å². The Morgan fingerprint density at radius 1 is 1.16 bits per heavy atom. The molecule has 98 valence electrons. The number of carboxylic acid groups (broad SMARTS) is 1. The van der Waals surface area contributed by atoms with Crippen LogP contribution >= 0.6 is 0 Å². The van der Waals surface area contributed by atoms with Crippen LogP contribution in [0.3, 0.4) is 0 Å². The lowest BCUT2D eigenvalue weighted by Gasteiger charge is -2.08. The van der Waals surface area contributed by atoms with E-state index >= 15 is 0 Å². The molecule has 0 saturated carbocycles. The highest BCUT2D eigenvalue weighted by atomic mass is 16.4. The van der Waals surface area contributed by atoms with Crippen LogP contribution in [0.4, 0.5) is 0 Å². The van der Waals surface area contributed by atoms with Gasteiger partial charge in [0, 0.05) is 11.8 Å². The van der Waals surface area contributed by atoms with Gasteiger partial charge in [0.05, 0.1) is 18.2 Å². The number of pyridine rings is 1. The Hall–Kier alpha value is -2.20. The second kappa shape index (κ2) is 6.11. The number of aliphatic carboxylic acids is 1. The van der Waals surface area contributed by atoms with Gasteiger partial charge in [-0.15, -0.1) is 0 Å². The van der Waals surface area contributed by atoms with Crippen molar-refractivity contribution in [3.8, 4) is 11.3 Å². The first kappa shape index (κ1) is 13.2. The highest BCUT2D eigenvalue weighted by Gasteiger charge is 2.10. The summed E-state index contributed by atoms with van der Waals surface area (Å²) in [5.41, 5.74) is 2.80. The van der Waals surface area contributed by atoms with E-state index in [1.54, 1.807) is 6.20 Å². The van der Waals surface area contributed by atoms with Crippen molar-refractivity contribution in [3.05, 3.63) is 54.2 Å². The first-order chi connectivity index (χ1) is 9.15. The van der Waals surface area contributed by atoms with Gasteiger partial charge in [0.1, 0.15) is 0 Å². The topological polar surface area (TPSA) is 70.4 Å². The summed E-state index contributed by atoms with van der Waals surface area (Å²) in [7, 11) is 0. The van der Waals surface area contributed by atoms with E-state index < -0.39 is 12.1 Å². The Bertz CT molecular complexity index is 537. The van der Waals surface area contributed by atoms with E-state index in [-0.39, 0.29) is 6.42 Å². The lowest BCUT2D eigenvalue weighted by atomic mass is 10.0. The third-order valence-corrected chi connectivity index (χ3v) is 2.80. The van der Waals surface area contributed by atoms with Crippen LogP contribution in [0.15, 0.2) is 48.7 Å². The molecule has 2 aromatic rings. The predicted octanol–water partition coefficient (Wildman–Crippen LogP) is 2.13. The molecule has 0 aliphatic heterocycles. The summed E-state index contributed by atoms with van der Waals surface area (Å²) < 4.78 is 0. The zero-order valence-corrected chi connectivity index (χ0v) is 10.4. The first-order valence-corrected chi connectivity index (χ1v) is 6.05. The number of benzene rings is 1. The number of carbonyl (C=O) groups is 1. The number of rotatable bonds is 5. The summed E-state index contributed by atoms with van der Waals surface area (Å²) in [6, 6.07) is 13.3. The van der Waals surface area contributed by atoms with Gasteiger partial charge in [0.2, 0.25) is 0 Å². The summed E-state index contributed by atoms with van der Waals surface area (Å²) in [5, 5.41) is 18.2. The Morgan fingerprint density at radius 3 is 2.47 bits per heavy atom. The van der Waals surface area contributed by atoms with Gasteiger partial charge in [0.25, 0.3) is 0 Å². The number of aromatic nitrogens is 1. The quantitative estimate of drug-likeness (QED) is 0.860. The predicted molar refractivity (Wildman–Crippen MR) is 71.6 cm³/mol. The first-order valence-electron chi connectivity index (χ1n) is 6.05. The molecule has 0 aliphatic carbocycles. The van der Waals surface area contributed by atoms with Crippen molar-refractivity contribution < 1.29 is 15.0 Å². The van der Waals surface area contributed by atoms with Crippen LogP contribution < -0.4 is 0 Å². The molecule has 2 rings (SSSR count). The van der Waals surface area contributed by atoms with E-state index in [1.165, 1.54) is 0 Å². The fraction of sp³-hybridized carbons (Fsp3) is 0.200. The summed E-state index contributed by atoms with van der Waals surface area (Å²) in [6.07, 6.45) is 0.995. The molecule has 1 atom stereocenters. The smallest absolute Gasteiger partial charge is 0.305 e. The molecule has 19 heavy (non-hydrogen) atoms. The molecular weight excluding hydrogens is 242 g/mol. The molecule has 0 saturated heterocycles. The summed E-state index contributed by atoms with van der Waals surface area (Å²) in [6.45, 7) is 0. The molecule has 1 aromatic carbocycles. The average molecular weight is 257 g/mol. The second-order valence-electron chi connectivity index (χ2n) is 4.37. The minimum atomic E-state index is -0.988. The molecule has 0 spiro atoms. The van der Waals surface area contributed by atoms with Gasteiger partial charge >= 0.3 is 5.97 Å². The van der Waals surface area contributed by atoms with Gasteiger partial charge in [0.15, 0.2) is 0 Å². The minimum absolute atomic E-state index is 0.234. The molecule has 1 unspecified atom stereocenters. The monoisotopic (exact) mass is 257 g/mol. The summed E-state index contributed by atoms with van der Waals surface area (Å²) in [4.78, 5) is 14.7. The maximum absolute atomic E-state index is 10.5. The third-order valence-electron chi connectivity index (χ3n) is 2.80. The lowest BCUT2D eigenvalue weighted by molar-refractivity contribution is -0.139. The number of hydrogen-bond donors (Lipinski definition) is 2. The van der Waals surface area contributed by atoms with Gasteiger partial charge in [-0.3, -0.25) is 9.78 Å². The SMILES string of the molecule is O=C(O)CC(O)Cc1ccc(-c2ccccn2)cc1. The zero-order chi connectivity index (χ0) is 13.7. The Morgan fingerprint density at radius 2 is 1.89 bits per heavy atom. The van der Waals surface area contributed by atoms with E-state index in [0.717, 1.165) is 16.8 Å². The number of aliphatic hydroxyl groups is 1. The number of aliphatic hydroxyl groups excluding tert-OH is 1. The molecule has 0 radical (unpaired) electrons. The number of hydrogen-bond acceptors (Lipinski definition) is 3. The van der Waals surface area contributed by atoms with Crippen molar-refractivity contribution in [1.82, 2.24) is 4.98 Å². The largest absolute Gasteiger partial charge is 0.481 e. The second-order valence-corrected chi connectivity index (χ2v) is 4.37. The third kappa shape index (κ3) is 3.89. The van der Waals surface area contributed by atoms with E-state index in [0.29, 0.717) is 6.42 Å². The number of nitrogens with zero attached hydrogens (tertiary/aromatic N) is 1. The van der Waals surface area contributed by atoms with E-state index in [4.69, 9.17) is 5.11 Å². The molecule has 4 nitrogen and oxygen atoms in total. The van der Waals surface area contributed by atoms with Crippen LogP contribution in [-0.4, -0.2) is 27.3 Å². The van der Waals surface area contributed by atoms with Crippen molar-refractivity contribution in [2.24, 2.45) is 0 Å². The molecule has 4 heteroatoms. The molecule has 1 heterocycles. The van der Waals surface area contributed by atoms with Crippen molar-refractivity contribution >= 4 is 5.97 Å². The molecule has 2 N–H and O–H groups in total. The maximum Gasteiger partial charge on any atom is 0.305 e. The Balaban J connectivity index is 2.05. The fourth-order valence-corrected chi connectivity index (χ4v) is 1.89. The van der Waals surface area contributed by atoms with Gasteiger partial charge < -0.3 is 10.2 Å². The molecule has 0 fully saturated rings. The van der Waals surface area contributed by atoms with Gasteiger partial charge in [-0.2, -0.15) is 0 Å². The van der Waals surface area contributed by atoms with Gasteiger partial charge in [-0.25, -0.2) is 0 Å². The summed E-state index contributed by atoms with van der Waals surface area (Å²) in [5.74, 6) is -0.988. The van der Waals surface area contributed by atoms with Crippen LogP contribution in [-0.2, 0) is 11.2 Å². The maximum atomic E-state index is 10.5. The van der Waals surface area contributed by atoms with Crippen LogP contribution in [0.2, 0.25) is 0 Å². The van der Waals surface area contributed by atoms with Crippen LogP contribution in [0, 0.1) is 0 Å². The van der Waals surface area contributed by atoms with Crippen LogP contribution in [0.25, 0.3) is 11.3 Å². The van der Waals surface area contributed by atoms with Crippen molar-refractivity contribution in [2.45, 2.75) is 18.9 Å². The molecule has 1 aromatic heterocycles. The molecular formula is C15H15NO3. The van der Waals surface area contributed by atoms with Crippen LogP contribution in [0.5, 0.6) is 0 Å². The molecule has 0 aliphatic rings.